The Morgan fingerprint density at radius 3 is 2.38 bits per heavy atom. The van der Waals surface area contributed by atoms with Gasteiger partial charge in [-0.05, 0) is 36.4 Å². The molecule has 0 aliphatic carbocycles. The number of nitrogens with one attached hydrogen (secondary N) is 2. The summed E-state index contributed by atoms with van der Waals surface area (Å²) in [4.78, 5) is 12.1. The van der Waals surface area contributed by atoms with Crippen LogP contribution in [0.4, 0.5) is 0 Å². The molecule has 0 heterocycles. The maximum Gasteiger partial charge on any atom is 0.255 e. The maximum absolute atomic E-state index is 12.1. The number of sulfonamides is 1. The molecule has 0 aromatic heterocycles. The zero-order valence-corrected chi connectivity index (χ0v) is 14.5. The number of carbonyl (C=O) groups is 1. The van der Waals surface area contributed by atoms with E-state index in [9.17, 15) is 18.3 Å². The normalized spacial score (nSPS) is 11.2. The first-order valence-electron chi connectivity index (χ1n) is 7.06. The third-order valence-corrected chi connectivity index (χ3v) is 4.92. The lowest BCUT2D eigenvalue weighted by atomic mass is 10.1. The van der Waals surface area contributed by atoms with E-state index in [1.165, 1.54) is 25.2 Å². The van der Waals surface area contributed by atoms with Gasteiger partial charge in [0.2, 0.25) is 10.0 Å². The second-order valence-corrected chi connectivity index (χ2v) is 7.49. The van der Waals surface area contributed by atoms with Gasteiger partial charge in [-0.25, -0.2) is 13.1 Å². The lowest BCUT2D eigenvalue weighted by Gasteiger charge is -2.08. The number of benzene rings is 2. The third kappa shape index (κ3) is 4.95. The van der Waals surface area contributed by atoms with Crippen LogP contribution in [-0.4, -0.2) is 26.5 Å². The predicted octanol–water partition coefficient (Wildman–Crippen LogP) is 2.02. The van der Waals surface area contributed by atoms with Gasteiger partial charge < -0.3 is 10.4 Å². The molecule has 2 aromatic rings. The molecule has 0 radical (unpaired) electrons. The van der Waals surface area contributed by atoms with Crippen molar-refractivity contribution in [2.24, 2.45) is 0 Å². The minimum atomic E-state index is -3.32. The van der Waals surface area contributed by atoms with E-state index in [0.29, 0.717) is 10.6 Å². The second-order valence-electron chi connectivity index (χ2n) is 5.12. The number of carbonyl (C=O) groups excluding carboxylic acids is 1. The maximum atomic E-state index is 12.1. The number of phenolic OH excluding ortho intramolecular Hbond substituents is 1. The number of hydrogen-bond acceptors (Lipinski definition) is 4. The van der Waals surface area contributed by atoms with Crippen molar-refractivity contribution in [2.45, 2.75) is 12.3 Å². The largest absolute Gasteiger partial charge is 0.507 e. The Hall–Kier alpha value is -2.09. The van der Waals surface area contributed by atoms with Gasteiger partial charge in [0.05, 0.1) is 11.3 Å². The van der Waals surface area contributed by atoms with Crippen LogP contribution in [0.5, 0.6) is 5.75 Å². The molecule has 1 amide bonds. The molecule has 0 fully saturated rings. The van der Waals surface area contributed by atoms with Crippen LogP contribution in [0.3, 0.4) is 0 Å². The van der Waals surface area contributed by atoms with Crippen LogP contribution < -0.4 is 10.0 Å². The van der Waals surface area contributed by atoms with Gasteiger partial charge in [0.1, 0.15) is 5.75 Å². The molecule has 0 aliphatic rings. The summed E-state index contributed by atoms with van der Waals surface area (Å²) in [5.41, 5.74) is 1.54. The summed E-state index contributed by atoms with van der Waals surface area (Å²) in [5, 5.41) is 12.7. The van der Waals surface area contributed by atoms with Crippen molar-refractivity contribution in [3.8, 4) is 5.75 Å². The number of hydrogen-bond donors (Lipinski definition) is 3. The fourth-order valence-corrected chi connectivity index (χ4v) is 2.96. The molecule has 0 saturated carbocycles. The molecular weight excluding hydrogens is 352 g/mol. The van der Waals surface area contributed by atoms with E-state index in [-0.39, 0.29) is 23.6 Å². The lowest BCUT2D eigenvalue weighted by molar-refractivity contribution is 0.0948. The van der Waals surface area contributed by atoms with Crippen molar-refractivity contribution in [1.82, 2.24) is 10.0 Å². The molecule has 128 valence electrons. The van der Waals surface area contributed by atoms with E-state index in [4.69, 9.17) is 11.6 Å². The van der Waals surface area contributed by atoms with Crippen molar-refractivity contribution in [3.05, 3.63) is 64.2 Å². The Bertz CT molecular complexity index is 836. The Morgan fingerprint density at radius 1 is 1.12 bits per heavy atom. The van der Waals surface area contributed by atoms with Gasteiger partial charge in [-0.15, -0.1) is 0 Å². The standard InChI is InChI=1S/C16H17ClN2O4S/c1-18-24(22,23)10-12-4-2-11(3-5-12)9-19-16(21)14-8-13(17)6-7-15(14)20/h2-8,18,20H,9-10H2,1H3,(H,19,21). The number of amides is 1. The Morgan fingerprint density at radius 2 is 1.75 bits per heavy atom. The van der Waals surface area contributed by atoms with Gasteiger partial charge >= 0.3 is 0 Å². The molecular formula is C16H17ClN2O4S. The summed E-state index contributed by atoms with van der Waals surface area (Å²) in [6.45, 7) is 0.240. The number of rotatable bonds is 6. The average Bonchev–Trinajstić information content (AvgIpc) is 2.56. The number of halogens is 1. The average molecular weight is 369 g/mol. The Kier molecular flexibility index (Phi) is 5.82. The third-order valence-electron chi connectivity index (χ3n) is 3.35. The minimum absolute atomic E-state index is 0.0965. The Labute approximate surface area is 145 Å². The molecule has 2 aromatic carbocycles. The van der Waals surface area contributed by atoms with Crippen LogP contribution in [0.2, 0.25) is 5.02 Å². The highest BCUT2D eigenvalue weighted by Gasteiger charge is 2.12. The molecule has 0 bridgehead atoms. The summed E-state index contributed by atoms with van der Waals surface area (Å²) >= 11 is 5.81. The molecule has 0 aliphatic heterocycles. The second kappa shape index (κ2) is 7.65. The highest BCUT2D eigenvalue weighted by atomic mass is 35.5. The van der Waals surface area contributed by atoms with Gasteiger partial charge in [-0.2, -0.15) is 0 Å². The first-order chi connectivity index (χ1) is 11.3. The van der Waals surface area contributed by atoms with Crippen LogP contribution >= 0.6 is 11.6 Å². The highest BCUT2D eigenvalue weighted by molar-refractivity contribution is 7.88. The molecule has 0 unspecified atom stereocenters. The summed E-state index contributed by atoms with van der Waals surface area (Å²) in [6, 6.07) is 11.1. The zero-order chi connectivity index (χ0) is 17.7. The zero-order valence-electron chi connectivity index (χ0n) is 12.9. The van der Waals surface area contributed by atoms with E-state index < -0.39 is 15.9 Å². The van der Waals surface area contributed by atoms with Gasteiger partial charge in [0.25, 0.3) is 5.91 Å². The summed E-state index contributed by atoms with van der Waals surface area (Å²) < 4.78 is 25.2. The fraction of sp³-hybridized carbons (Fsp3) is 0.188. The monoisotopic (exact) mass is 368 g/mol. The summed E-state index contributed by atoms with van der Waals surface area (Å²) in [5.74, 6) is -0.701. The van der Waals surface area contributed by atoms with Crippen molar-refractivity contribution in [2.75, 3.05) is 7.05 Å². The number of phenols is 1. The molecule has 0 spiro atoms. The predicted molar refractivity (Wildman–Crippen MR) is 92.4 cm³/mol. The smallest absolute Gasteiger partial charge is 0.255 e. The molecule has 2 rings (SSSR count). The van der Waals surface area contributed by atoms with Crippen LogP contribution in [0.15, 0.2) is 42.5 Å². The quantitative estimate of drug-likeness (QED) is 0.727. The van der Waals surface area contributed by atoms with Crippen LogP contribution in [-0.2, 0) is 22.3 Å². The van der Waals surface area contributed by atoms with E-state index in [0.717, 1.165) is 5.56 Å². The first kappa shape index (κ1) is 18.3. The molecule has 0 saturated heterocycles. The first-order valence-corrected chi connectivity index (χ1v) is 9.09. The van der Waals surface area contributed by atoms with E-state index in [2.05, 4.69) is 10.0 Å². The van der Waals surface area contributed by atoms with Crippen LogP contribution in [0.1, 0.15) is 21.5 Å². The van der Waals surface area contributed by atoms with Crippen molar-refractivity contribution in [1.29, 1.82) is 0 Å². The van der Waals surface area contributed by atoms with Gasteiger partial charge in [-0.1, -0.05) is 35.9 Å². The summed E-state index contributed by atoms with van der Waals surface area (Å²) in [7, 11) is -1.95. The minimum Gasteiger partial charge on any atom is -0.507 e. The highest BCUT2D eigenvalue weighted by Crippen LogP contribution is 2.21. The fourth-order valence-electron chi connectivity index (χ4n) is 2.01. The topological polar surface area (TPSA) is 95.5 Å². The molecule has 24 heavy (non-hydrogen) atoms. The van der Waals surface area contributed by atoms with Gasteiger partial charge in [0, 0.05) is 11.6 Å². The van der Waals surface area contributed by atoms with E-state index >= 15 is 0 Å². The summed E-state index contributed by atoms with van der Waals surface area (Å²) in [6.07, 6.45) is 0. The Balaban J connectivity index is 1.99. The number of aromatic hydroxyl groups is 1. The van der Waals surface area contributed by atoms with Crippen molar-refractivity contribution >= 4 is 27.5 Å². The van der Waals surface area contributed by atoms with E-state index in [1.54, 1.807) is 24.3 Å². The van der Waals surface area contributed by atoms with Crippen molar-refractivity contribution in [3.63, 3.8) is 0 Å². The van der Waals surface area contributed by atoms with Crippen molar-refractivity contribution < 1.29 is 18.3 Å². The molecule has 3 N–H and O–H groups in total. The molecule has 0 atom stereocenters. The van der Waals surface area contributed by atoms with Gasteiger partial charge in [0.15, 0.2) is 0 Å². The molecule has 8 heteroatoms. The lowest BCUT2D eigenvalue weighted by Crippen LogP contribution is -2.23. The van der Waals surface area contributed by atoms with Crippen LogP contribution in [0.25, 0.3) is 0 Å². The molecule has 6 nitrogen and oxygen atoms in total. The van der Waals surface area contributed by atoms with Crippen LogP contribution in [0, 0.1) is 0 Å². The van der Waals surface area contributed by atoms with E-state index in [1.807, 2.05) is 0 Å². The van der Waals surface area contributed by atoms with Gasteiger partial charge in [-0.3, -0.25) is 4.79 Å². The SMILES string of the molecule is CNS(=O)(=O)Cc1ccc(CNC(=O)c2cc(Cl)ccc2O)cc1.